The van der Waals surface area contributed by atoms with E-state index in [9.17, 15) is 4.39 Å². The highest BCUT2D eigenvalue weighted by Gasteiger charge is 2.08. The minimum absolute atomic E-state index is 0.238. The van der Waals surface area contributed by atoms with Gasteiger partial charge in [0.15, 0.2) is 0 Å². The Kier molecular flexibility index (Phi) is 3.89. The summed E-state index contributed by atoms with van der Waals surface area (Å²) >= 11 is 0. The van der Waals surface area contributed by atoms with Crippen molar-refractivity contribution < 1.29 is 4.39 Å². The molecule has 1 aromatic carbocycles. The number of anilines is 2. The van der Waals surface area contributed by atoms with E-state index in [0.717, 1.165) is 23.7 Å². The maximum atomic E-state index is 12.9. The molecular weight excluding hydrogens is 229 g/mol. The molecule has 4 heteroatoms. The Morgan fingerprint density at radius 3 is 2.50 bits per heavy atom. The lowest BCUT2D eigenvalue weighted by molar-refractivity contribution is 0.628. The van der Waals surface area contributed by atoms with E-state index in [-0.39, 0.29) is 5.82 Å². The van der Waals surface area contributed by atoms with E-state index >= 15 is 0 Å². The summed E-state index contributed by atoms with van der Waals surface area (Å²) in [6, 6.07) is 12.1. The van der Waals surface area contributed by atoms with Gasteiger partial charge in [0.1, 0.15) is 11.6 Å². The predicted molar refractivity (Wildman–Crippen MR) is 71.2 cm³/mol. The number of hydrogen-bond donors (Lipinski definition) is 1. The quantitative estimate of drug-likeness (QED) is 0.900. The highest BCUT2D eigenvalue weighted by molar-refractivity contribution is 5.59. The van der Waals surface area contributed by atoms with Crippen LogP contribution in [-0.2, 0) is 6.54 Å². The molecule has 0 spiro atoms. The lowest BCUT2D eigenvalue weighted by Gasteiger charge is -2.22. The Bertz CT molecular complexity index is 511. The smallest absolute Gasteiger partial charge is 0.133 e. The van der Waals surface area contributed by atoms with E-state index in [1.165, 1.54) is 12.1 Å². The zero-order chi connectivity index (χ0) is 13.0. The molecule has 2 N–H and O–H groups in total. The minimum Gasteiger partial charge on any atom is -0.327 e. The average Bonchev–Trinajstić information content (AvgIpc) is 2.42. The van der Waals surface area contributed by atoms with E-state index in [1.54, 1.807) is 12.1 Å². The number of nitrogens with two attached hydrogens (primary N) is 1. The van der Waals surface area contributed by atoms with Crippen molar-refractivity contribution in [3.05, 3.63) is 54.0 Å². The van der Waals surface area contributed by atoms with Crippen LogP contribution in [0.1, 0.15) is 12.6 Å². The van der Waals surface area contributed by atoms with Crippen LogP contribution >= 0.6 is 0 Å². The molecule has 94 valence electrons. The summed E-state index contributed by atoms with van der Waals surface area (Å²) < 4.78 is 12.9. The number of pyridine rings is 1. The van der Waals surface area contributed by atoms with Crippen molar-refractivity contribution in [2.24, 2.45) is 5.73 Å². The summed E-state index contributed by atoms with van der Waals surface area (Å²) in [4.78, 5) is 6.48. The van der Waals surface area contributed by atoms with Gasteiger partial charge in [0.05, 0.1) is 5.69 Å². The van der Waals surface area contributed by atoms with Gasteiger partial charge < -0.3 is 10.6 Å². The second kappa shape index (κ2) is 5.60. The molecule has 0 saturated heterocycles. The van der Waals surface area contributed by atoms with E-state index in [0.29, 0.717) is 6.54 Å². The van der Waals surface area contributed by atoms with Crippen molar-refractivity contribution in [1.82, 2.24) is 4.98 Å². The van der Waals surface area contributed by atoms with Crippen molar-refractivity contribution in [2.45, 2.75) is 13.5 Å². The van der Waals surface area contributed by atoms with Gasteiger partial charge >= 0.3 is 0 Å². The van der Waals surface area contributed by atoms with Crippen molar-refractivity contribution in [1.29, 1.82) is 0 Å². The predicted octanol–water partition coefficient (Wildman–Crippen LogP) is 2.84. The Labute approximate surface area is 106 Å². The zero-order valence-electron chi connectivity index (χ0n) is 10.3. The lowest BCUT2D eigenvalue weighted by Crippen LogP contribution is -2.18. The minimum atomic E-state index is -0.238. The number of rotatable bonds is 4. The first kappa shape index (κ1) is 12.5. The van der Waals surface area contributed by atoms with E-state index < -0.39 is 0 Å². The molecule has 0 unspecified atom stereocenters. The normalized spacial score (nSPS) is 10.4. The third kappa shape index (κ3) is 2.65. The molecular formula is C14H16FN3. The van der Waals surface area contributed by atoms with Gasteiger partial charge in [-0.15, -0.1) is 0 Å². The third-order valence-electron chi connectivity index (χ3n) is 2.73. The maximum Gasteiger partial charge on any atom is 0.133 e. The SMILES string of the molecule is CCN(c1ccc(F)cc1)c1cccc(CN)n1. The van der Waals surface area contributed by atoms with Crippen molar-refractivity contribution >= 4 is 11.5 Å². The highest BCUT2D eigenvalue weighted by Crippen LogP contribution is 2.23. The van der Waals surface area contributed by atoms with E-state index in [4.69, 9.17) is 5.73 Å². The second-order valence-electron chi connectivity index (χ2n) is 3.91. The van der Waals surface area contributed by atoms with Crippen LogP contribution in [0.3, 0.4) is 0 Å². The lowest BCUT2D eigenvalue weighted by atomic mass is 10.2. The van der Waals surface area contributed by atoms with Crippen LogP contribution in [0.25, 0.3) is 0 Å². The molecule has 3 nitrogen and oxygen atoms in total. The van der Waals surface area contributed by atoms with E-state index in [1.807, 2.05) is 30.0 Å². The summed E-state index contributed by atoms with van der Waals surface area (Å²) in [5.74, 6) is 0.588. The first-order chi connectivity index (χ1) is 8.74. The number of hydrogen-bond acceptors (Lipinski definition) is 3. The monoisotopic (exact) mass is 245 g/mol. The molecule has 0 bridgehead atoms. The molecule has 18 heavy (non-hydrogen) atoms. The van der Waals surface area contributed by atoms with Gasteiger partial charge in [-0.1, -0.05) is 6.07 Å². The fourth-order valence-electron chi connectivity index (χ4n) is 1.83. The first-order valence-electron chi connectivity index (χ1n) is 5.93. The first-order valence-corrected chi connectivity index (χ1v) is 5.93. The van der Waals surface area contributed by atoms with Crippen LogP contribution < -0.4 is 10.6 Å². The molecule has 0 aliphatic heterocycles. The summed E-state index contributed by atoms with van der Waals surface area (Å²) in [5, 5.41) is 0. The fourth-order valence-corrected chi connectivity index (χ4v) is 1.83. The molecule has 0 saturated carbocycles. The molecule has 0 aliphatic carbocycles. The Hall–Kier alpha value is -1.94. The van der Waals surface area contributed by atoms with Crippen LogP contribution in [0.5, 0.6) is 0 Å². The van der Waals surface area contributed by atoms with Crippen LogP contribution in [-0.4, -0.2) is 11.5 Å². The van der Waals surface area contributed by atoms with E-state index in [2.05, 4.69) is 4.98 Å². The van der Waals surface area contributed by atoms with Crippen molar-refractivity contribution in [3.8, 4) is 0 Å². The van der Waals surface area contributed by atoms with Gasteiger partial charge in [-0.25, -0.2) is 9.37 Å². The molecule has 2 aromatic rings. The van der Waals surface area contributed by atoms with Crippen LogP contribution in [0.15, 0.2) is 42.5 Å². The summed E-state index contributed by atoms with van der Waals surface area (Å²) in [5.41, 5.74) is 7.35. The third-order valence-corrected chi connectivity index (χ3v) is 2.73. The Morgan fingerprint density at radius 2 is 1.89 bits per heavy atom. The van der Waals surface area contributed by atoms with Crippen LogP contribution in [0.4, 0.5) is 15.9 Å². The van der Waals surface area contributed by atoms with Crippen LogP contribution in [0.2, 0.25) is 0 Å². The molecule has 0 radical (unpaired) electrons. The second-order valence-corrected chi connectivity index (χ2v) is 3.91. The maximum absolute atomic E-state index is 12.9. The molecule has 0 fully saturated rings. The number of nitrogens with zero attached hydrogens (tertiary/aromatic N) is 2. The molecule has 1 aromatic heterocycles. The number of aromatic nitrogens is 1. The van der Waals surface area contributed by atoms with Crippen molar-refractivity contribution in [2.75, 3.05) is 11.4 Å². The van der Waals surface area contributed by atoms with Gasteiger partial charge in [0.2, 0.25) is 0 Å². The van der Waals surface area contributed by atoms with Gasteiger partial charge in [0, 0.05) is 18.8 Å². The summed E-state index contributed by atoms with van der Waals surface area (Å²) in [6.45, 7) is 3.20. The molecule has 1 heterocycles. The fraction of sp³-hybridized carbons (Fsp3) is 0.214. The van der Waals surface area contributed by atoms with Gasteiger partial charge in [0.25, 0.3) is 0 Å². The van der Waals surface area contributed by atoms with Gasteiger partial charge in [-0.2, -0.15) is 0 Å². The molecule has 0 atom stereocenters. The summed E-state index contributed by atoms with van der Waals surface area (Å²) in [6.07, 6.45) is 0. The van der Waals surface area contributed by atoms with Gasteiger partial charge in [-0.05, 0) is 43.3 Å². The zero-order valence-corrected chi connectivity index (χ0v) is 10.3. The summed E-state index contributed by atoms with van der Waals surface area (Å²) in [7, 11) is 0. The average molecular weight is 245 g/mol. The molecule has 0 aliphatic rings. The highest BCUT2D eigenvalue weighted by atomic mass is 19.1. The van der Waals surface area contributed by atoms with Crippen molar-refractivity contribution in [3.63, 3.8) is 0 Å². The Morgan fingerprint density at radius 1 is 1.17 bits per heavy atom. The standard InChI is InChI=1S/C14H16FN3/c1-2-18(13-8-6-11(15)7-9-13)14-5-3-4-12(10-16)17-14/h3-9H,2,10,16H2,1H3. The Balaban J connectivity index is 2.35. The van der Waals surface area contributed by atoms with Crippen LogP contribution in [0, 0.1) is 5.82 Å². The topological polar surface area (TPSA) is 42.1 Å². The molecule has 0 amide bonds. The number of benzene rings is 1. The van der Waals surface area contributed by atoms with Gasteiger partial charge in [-0.3, -0.25) is 0 Å². The largest absolute Gasteiger partial charge is 0.327 e. The number of halogens is 1. The molecule has 2 rings (SSSR count).